The van der Waals surface area contributed by atoms with Crippen LogP contribution in [-0.2, 0) is 13.0 Å². The first-order chi connectivity index (χ1) is 11.7. The van der Waals surface area contributed by atoms with Crippen LogP contribution >= 0.6 is 11.6 Å². The summed E-state index contributed by atoms with van der Waals surface area (Å²) in [7, 11) is 0.540. The first-order valence-electron chi connectivity index (χ1n) is 6.63. The molecule has 0 bridgehead atoms. The zero-order valence-corrected chi connectivity index (χ0v) is 13.4. The van der Waals surface area contributed by atoms with Crippen molar-refractivity contribution in [1.29, 1.82) is 0 Å². The SMILES string of the molecule is Cn1c(C(F)(F)C(F)(F)C(F)(F)F)cc(=O)n(-c2cccc(Cl)c2)c1=O. The Morgan fingerprint density at radius 1 is 0.962 bits per heavy atom. The molecule has 26 heavy (non-hydrogen) atoms. The Hall–Kier alpha value is -2.30. The van der Waals surface area contributed by atoms with E-state index >= 15 is 0 Å². The van der Waals surface area contributed by atoms with Crippen molar-refractivity contribution in [3.63, 3.8) is 0 Å². The molecule has 0 unspecified atom stereocenters. The lowest BCUT2D eigenvalue weighted by Crippen LogP contribution is -2.53. The van der Waals surface area contributed by atoms with Crippen LogP contribution in [0.4, 0.5) is 30.7 Å². The fourth-order valence-corrected chi connectivity index (χ4v) is 2.30. The van der Waals surface area contributed by atoms with Gasteiger partial charge in [-0.2, -0.15) is 30.7 Å². The second kappa shape index (κ2) is 6.15. The van der Waals surface area contributed by atoms with Gasteiger partial charge in [-0.25, -0.2) is 9.36 Å². The van der Waals surface area contributed by atoms with Gasteiger partial charge in [-0.05, 0) is 18.2 Å². The van der Waals surface area contributed by atoms with Gasteiger partial charge in [-0.3, -0.25) is 9.36 Å². The van der Waals surface area contributed by atoms with Crippen molar-refractivity contribution in [2.75, 3.05) is 0 Å². The highest BCUT2D eigenvalue weighted by atomic mass is 35.5. The lowest BCUT2D eigenvalue weighted by molar-refractivity contribution is -0.361. The Morgan fingerprint density at radius 2 is 1.54 bits per heavy atom. The molecule has 12 heteroatoms. The molecule has 4 nitrogen and oxygen atoms in total. The minimum Gasteiger partial charge on any atom is -0.294 e. The van der Waals surface area contributed by atoms with E-state index in [9.17, 15) is 40.3 Å². The van der Waals surface area contributed by atoms with Gasteiger partial charge >= 0.3 is 23.7 Å². The summed E-state index contributed by atoms with van der Waals surface area (Å²) in [5.74, 6) is -12.4. The largest absolute Gasteiger partial charge is 0.460 e. The van der Waals surface area contributed by atoms with Gasteiger partial charge in [-0.1, -0.05) is 17.7 Å². The van der Waals surface area contributed by atoms with Crippen LogP contribution in [0.5, 0.6) is 0 Å². The molecule has 0 amide bonds. The first-order valence-corrected chi connectivity index (χ1v) is 7.01. The van der Waals surface area contributed by atoms with Crippen molar-refractivity contribution in [3.05, 3.63) is 61.9 Å². The zero-order chi connectivity index (χ0) is 20.1. The molecule has 0 aliphatic heterocycles. The minimum atomic E-state index is -6.60. The van der Waals surface area contributed by atoms with Crippen molar-refractivity contribution in [1.82, 2.24) is 9.13 Å². The molecule has 0 saturated heterocycles. The molecule has 0 aliphatic rings. The molecule has 2 aromatic rings. The molecule has 2 rings (SSSR count). The smallest absolute Gasteiger partial charge is 0.294 e. The Labute approximate surface area is 145 Å². The highest BCUT2D eigenvalue weighted by Crippen LogP contribution is 2.51. The molecule has 0 saturated carbocycles. The van der Waals surface area contributed by atoms with Crippen LogP contribution in [0.3, 0.4) is 0 Å². The quantitative estimate of drug-likeness (QED) is 0.735. The molecule has 0 aliphatic carbocycles. The number of alkyl halides is 7. The number of rotatable bonds is 3. The van der Waals surface area contributed by atoms with Crippen LogP contribution in [0.25, 0.3) is 5.69 Å². The van der Waals surface area contributed by atoms with E-state index in [-0.39, 0.29) is 21.3 Å². The van der Waals surface area contributed by atoms with Gasteiger partial charge in [0.25, 0.3) is 5.56 Å². The summed E-state index contributed by atoms with van der Waals surface area (Å²) >= 11 is 5.68. The van der Waals surface area contributed by atoms with E-state index < -0.39 is 35.0 Å². The molecule has 0 spiro atoms. The standard InChI is InChI=1S/C14H8ClF7N2O2/c1-23-9(12(16,17)13(18,19)14(20,21)22)6-10(25)24(11(23)26)8-4-2-3-7(15)5-8/h2-6H,1H3. The monoisotopic (exact) mass is 404 g/mol. The minimum absolute atomic E-state index is 0.0643. The second-order valence-electron chi connectivity index (χ2n) is 5.17. The Bertz CT molecular complexity index is 963. The van der Waals surface area contributed by atoms with Crippen molar-refractivity contribution in [2.24, 2.45) is 7.05 Å². The molecule has 0 radical (unpaired) electrons. The van der Waals surface area contributed by atoms with Crippen LogP contribution in [-0.4, -0.2) is 21.2 Å². The summed E-state index contributed by atoms with van der Waals surface area (Å²) in [5, 5.41) is 0.0643. The number of benzene rings is 1. The Morgan fingerprint density at radius 3 is 2.04 bits per heavy atom. The van der Waals surface area contributed by atoms with Crippen molar-refractivity contribution in [3.8, 4) is 5.69 Å². The Balaban J connectivity index is 2.77. The van der Waals surface area contributed by atoms with Gasteiger partial charge in [0.05, 0.1) is 5.69 Å². The fourth-order valence-electron chi connectivity index (χ4n) is 2.12. The molecule has 142 valence electrons. The molecule has 1 heterocycles. The third kappa shape index (κ3) is 3.00. The molecule has 0 N–H and O–H groups in total. The number of aromatic nitrogens is 2. The predicted octanol–water partition coefficient (Wildman–Crippen LogP) is 3.48. The van der Waals surface area contributed by atoms with Gasteiger partial charge < -0.3 is 0 Å². The van der Waals surface area contributed by atoms with Crippen molar-refractivity contribution < 1.29 is 30.7 Å². The van der Waals surface area contributed by atoms with Crippen LogP contribution in [0.15, 0.2) is 39.9 Å². The highest BCUT2D eigenvalue weighted by Gasteiger charge is 2.74. The van der Waals surface area contributed by atoms with Gasteiger partial charge in [0.15, 0.2) is 0 Å². The topological polar surface area (TPSA) is 44.0 Å². The molecular formula is C14H8ClF7N2O2. The third-order valence-electron chi connectivity index (χ3n) is 3.46. The maximum Gasteiger partial charge on any atom is 0.460 e. The lowest BCUT2D eigenvalue weighted by atomic mass is 10.1. The molecule has 1 aromatic carbocycles. The maximum absolute atomic E-state index is 13.8. The highest BCUT2D eigenvalue weighted by molar-refractivity contribution is 6.30. The van der Waals surface area contributed by atoms with E-state index in [0.717, 1.165) is 6.07 Å². The zero-order valence-electron chi connectivity index (χ0n) is 12.6. The van der Waals surface area contributed by atoms with Crippen LogP contribution in [0, 0.1) is 0 Å². The van der Waals surface area contributed by atoms with E-state index in [0.29, 0.717) is 11.6 Å². The molecular weight excluding hydrogens is 397 g/mol. The molecule has 0 fully saturated rings. The van der Waals surface area contributed by atoms with E-state index in [1.807, 2.05) is 0 Å². The average molecular weight is 405 g/mol. The lowest BCUT2D eigenvalue weighted by Gasteiger charge is -2.29. The number of hydrogen-bond acceptors (Lipinski definition) is 2. The summed E-state index contributed by atoms with van der Waals surface area (Å²) in [5.41, 5.74) is -5.33. The summed E-state index contributed by atoms with van der Waals surface area (Å²) in [6, 6.07) is 4.82. The predicted molar refractivity (Wildman–Crippen MR) is 77.2 cm³/mol. The third-order valence-corrected chi connectivity index (χ3v) is 3.69. The number of nitrogens with zero attached hydrogens (tertiary/aromatic N) is 2. The van der Waals surface area contributed by atoms with E-state index in [1.54, 1.807) is 0 Å². The van der Waals surface area contributed by atoms with Gasteiger partial charge in [-0.15, -0.1) is 0 Å². The summed E-state index contributed by atoms with van der Waals surface area (Å²) in [6.07, 6.45) is -6.60. The van der Waals surface area contributed by atoms with Crippen LogP contribution in [0.1, 0.15) is 5.69 Å². The van der Waals surface area contributed by atoms with E-state index in [1.165, 1.54) is 18.2 Å². The van der Waals surface area contributed by atoms with Crippen molar-refractivity contribution >= 4 is 11.6 Å². The summed E-state index contributed by atoms with van der Waals surface area (Å²) in [4.78, 5) is 24.2. The van der Waals surface area contributed by atoms with E-state index in [4.69, 9.17) is 11.6 Å². The van der Waals surface area contributed by atoms with Crippen molar-refractivity contribution in [2.45, 2.75) is 18.0 Å². The average Bonchev–Trinajstić information content (AvgIpc) is 2.49. The van der Waals surface area contributed by atoms with Gasteiger partial charge in [0, 0.05) is 18.1 Å². The van der Waals surface area contributed by atoms with Crippen LogP contribution in [0.2, 0.25) is 5.02 Å². The number of halogens is 8. The normalized spacial score (nSPS) is 13.1. The molecule has 1 aromatic heterocycles. The summed E-state index contributed by atoms with van der Waals surface area (Å²) in [6.45, 7) is 0. The maximum atomic E-state index is 13.8. The first kappa shape index (κ1) is 20.0. The summed E-state index contributed by atoms with van der Waals surface area (Å²) < 4.78 is 91.2. The van der Waals surface area contributed by atoms with E-state index in [2.05, 4.69) is 0 Å². The van der Waals surface area contributed by atoms with Gasteiger partial charge in [0.1, 0.15) is 5.69 Å². The molecule has 0 atom stereocenters. The number of hydrogen-bond donors (Lipinski definition) is 0. The fraction of sp³-hybridized carbons (Fsp3) is 0.286. The Kier molecular flexibility index (Phi) is 4.73. The van der Waals surface area contributed by atoms with Gasteiger partial charge in [0.2, 0.25) is 0 Å². The van der Waals surface area contributed by atoms with Crippen LogP contribution < -0.4 is 11.2 Å². The second-order valence-corrected chi connectivity index (χ2v) is 5.61.